The summed E-state index contributed by atoms with van der Waals surface area (Å²) in [5, 5.41) is 6.99. The molecule has 0 saturated carbocycles. The van der Waals surface area contributed by atoms with E-state index in [2.05, 4.69) is 15.2 Å². The smallest absolute Gasteiger partial charge is 0.238 e. The number of para-hydroxylation sites is 2. The molecule has 26 heavy (non-hydrogen) atoms. The predicted molar refractivity (Wildman–Crippen MR) is 100 cm³/mol. The molecule has 0 fully saturated rings. The van der Waals surface area contributed by atoms with E-state index in [0.29, 0.717) is 17.5 Å². The summed E-state index contributed by atoms with van der Waals surface area (Å²) < 4.78 is 5.89. The van der Waals surface area contributed by atoms with Crippen molar-refractivity contribution in [1.82, 2.24) is 15.2 Å². The van der Waals surface area contributed by atoms with Crippen LogP contribution >= 0.6 is 11.8 Å². The van der Waals surface area contributed by atoms with E-state index in [4.69, 9.17) is 10.5 Å². The average molecular weight is 367 g/mol. The third-order valence-electron chi connectivity index (χ3n) is 4.09. The fourth-order valence-electron chi connectivity index (χ4n) is 2.94. The number of H-pyrrole nitrogens is 1. The first-order valence-electron chi connectivity index (χ1n) is 8.12. The number of nitrogens with one attached hydrogen (secondary N) is 1. The number of nitrogen functional groups attached to an aromatic ring is 1. The van der Waals surface area contributed by atoms with Crippen LogP contribution in [0.2, 0.25) is 0 Å². The molecular formula is C18H17N5O2S. The fraction of sp³-hybridized carbons (Fsp3) is 0.167. The maximum absolute atomic E-state index is 13.1. The number of carbonyl (C=O) groups is 1. The number of nitrogens with two attached hydrogens (primary N) is 1. The Kier molecular flexibility index (Phi) is 4.49. The maximum Gasteiger partial charge on any atom is 0.238 e. The summed E-state index contributed by atoms with van der Waals surface area (Å²) >= 11 is 1.25. The molecule has 0 spiro atoms. The van der Waals surface area contributed by atoms with Crippen molar-refractivity contribution in [3.05, 3.63) is 60.2 Å². The van der Waals surface area contributed by atoms with Crippen molar-refractivity contribution in [3.63, 3.8) is 0 Å². The standard InChI is InChI=1S/C18H17N5O2S/c19-17-20-18(22-21-17)26-11-16(24)23-13-8-4-5-9-15(13)25-10-14(23)12-6-2-1-3-7-12/h1-9,14H,10-11H2,(H3,19,20,21,22)/t14-/m1/s1. The molecule has 1 aliphatic rings. The van der Waals surface area contributed by atoms with Crippen LogP contribution < -0.4 is 15.4 Å². The van der Waals surface area contributed by atoms with E-state index in [1.54, 1.807) is 4.90 Å². The number of aromatic nitrogens is 3. The first-order chi connectivity index (χ1) is 12.7. The van der Waals surface area contributed by atoms with E-state index in [9.17, 15) is 4.79 Å². The van der Waals surface area contributed by atoms with Gasteiger partial charge in [-0.05, 0) is 17.7 Å². The Morgan fingerprint density at radius 3 is 2.77 bits per heavy atom. The average Bonchev–Trinajstić information content (AvgIpc) is 3.11. The van der Waals surface area contributed by atoms with Crippen molar-refractivity contribution in [1.29, 1.82) is 0 Å². The van der Waals surface area contributed by atoms with Gasteiger partial charge in [0.05, 0.1) is 17.5 Å². The second-order valence-electron chi connectivity index (χ2n) is 5.76. The van der Waals surface area contributed by atoms with Gasteiger partial charge in [0.1, 0.15) is 12.4 Å². The van der Waals surface area contributed by atoms with Crippen molar-refractivity contribution in [2.75, 3.05) is 23.0 Å². The molecule has 0 saturated heterocycles. The van der Waals surface area contributed by atoms with Gasteiger partial charge in [-0.25, -0.2) is 5.10 Å². The van der Waals surface area contributed by atoms with Crippen LogP contribution in [-0.2, 0) is 4.79 Å². The molecule has 1 atom stereocenters. The Morgan fingerprint density at radius 1 is 1.23 bits per heavy atom. The molecule has 1 aliphatic heterocycles. The zero-order valence-corrected chi connectivity index (χ0v) is 14.6. The summed E-state index contributed by atoms with van der Waals surface area (Å²) in [4.78, 5) is 18.9. The summed E-state index contributed by atoms with van der Waals surface area (Å²) in [5.74, 6) is 1.11. The third kappa shape index (κ3) is 3.23. The van der Waals surface area contributed by atoms with Crippen molar-refractivity contribution in [2.45, 2.75) is 11.2 Å². The highest BCUT2D eigenvalue weighted by molar-refractivity contribution is 7.99. The Bertz CT molecular complexity index is 915. The Morgan fingerprint density at radius 2 is 2.00 bits per heavy atom. The summed E-state index contributed by atoms with van der Waals surface area (Å²) in [7, 11) is 0. The summed E-state index contributed by atoms with van der Waals surface area (Å²) in [6, 6.07) is 17.3. The monoisotopic (exact) mass is 367 g/mol. The summed E-state index contributed by atoms with van der Waals surface area (Å²) in [5.41, 5.74) is 7.34. The van der Waals surface area contributed by atoms with Crippen LogP contribution in [0.25, 0.3) is 0 Å². The second kappa shape index (κ2) is 7.09. The number of aromatic amines is 1. The molecule has 4 rings (SSSR count). The lowest BCUT2D eigenvalue weighted by Crippen LogP contribution is -2.42. The number of nitrogens with zero attached hydrogens (tertiary/aromatic N) is 3. The Balaban J connectivity index is 1.62. The number of carbonyl (C=O) groups excluding carboxylic acids is 1. The highest BCUT2D eigenvalue weighted by atomic mass is 32.2. The zero-order valence-electron chi connectivity index (χ0n) is 13.8. The van der Waals surface area contributed by atoms with Gasteiger partial charge in [0.15, 0.2) is 0 Å². The maximum atomic E-state index is 13.1. The molecule has 132 valence electrons. The van der Waals surface area contributed by atoms with Gasteiger partial charge in [0.25, 0.3) is 0 Å². The molecule has 0 unspecified atom stereocenters. The largest absolute Gasteiger partial charge is 0.489 e. The highest BCUT2D eigenvalue weighted by Crippen LogP contribution is 2.39. The fourth-order valence-corrected chi connectivity index (χ4v) is 3.60. The van der Waals surface area contributed by atoms with Crippen LogP contribution in [0.4, 0.5) is 11.6 Å². The highest BCUT2D eigenvalue weighted by Gasteiger charge is 2.33. The van der Waals surface area contributed by atoms with Crippen LogP contribution in [0.15, 0.2) is 59.8 Å². The van der Waals surface area contributed by atoms with Gasteiger partial charge in [-0.15, -0.1) is 5.10 Å². The topological polar surface area (TPSA) is 97.1 Å². The van der Waals surface area contributed by atoms with Crippen LogP contribution in [-0.4, -0.2) is 33.4 Å². The first-order valence-corrected chi connectivity index (χ1v) is 9.10. The Labute approximate surface area is 154 Å². The summed E-state index contributed by atoms with van der Waals surface area (Å²) in [6.45, 7) is 0.408. The van der Waals surface area contributed by atoms with Crippen molar-refractivity contribution in [2.24, 2.45) is 0 Å². The van der Waals surface area contributed by atoms with Gasteiger partial charge in [0.2, 0.25) is 17.0 Å². The van der Waals surface area contributed by atoms with Crippen molar-refractivity contribution in [3.8, 4) is 5.75 Å². The molecule has 7 nitrogen and oxygen atoms in total. The minimum Gasteiger partial charge on any atom is -0.489 e. The van der Waals surface area contributed by atoms with Crippen LogP contribution in [0.3, 0.4) is 0 Å². The minimum atomic E-state index is -0.184. The lowest BCUT2D eigenvalue weighted by atomic mass is 10.0. The molecule has 0 radical (unpaired) electrons. The van der Waals surface area contributed by atoms with Crippen LogP contribution in [0.5, 0.6) is 5.75 Å². The van der Waals surface area contributed by atoms with Crippen molar-refractivity contribution < 1.29 is 9.53 Å². The van der Waals surface area contributed by atoms with Crippen LogP contribution in [0.1, 0.15) is 11.6 Å². The van der Waals surface area contributed by atoms with E-state index in [-0.39, 0.29) is 23.7 Å². The zero-order chi connectivity index (χ0) is 17.9. The third-order valence-corrected chi connectivity index (χ3v) is 4.93. The number of fused-ring (bicyclic) bond motifs is 1. The summed E-state index contributed by atoms with van der Waals surface area (Å²) in [6.07, 6.45) is 0. The molecule has 0 aliphatic carbocycles. The number of amides is 1. The lowest BCUT2D eigenvalue weighted by molar-refractivity contribution is -0.117. The lowest BCUT2D eigenvalue weighted by Gasteiger charge is -2.37. The molecule has 1 amide bonds. The molecule has 2 heterocycles. The first kappa shape index (κ1) is 16.5. The normalized spacial score (nSPS) is 16.0. The van der Waals surface area contributed by atoms with Crippen molar-refractivity contribution >= 4 is 29.3 Å². The van der Waals surface area contributed by atoms with E-state index in [1.807, 2.05) is 54.6 Å². The molecule has 3 aromatic rings. The molecular weight excluding hydrogens is 350 g/mol. The van der Waals surface area contributed by atoms with Gasteiger partial charge in [-0.1, -0.05) is 54.2 Å². The number of benzene rings is 2. The minimum absolute atomic E-state index is 0.0389. The molecule has 3 N–H and O–H groups in total. The predicted octanol–water partition coefficient (Wildman–Crippen LogP) is 2.65. The molecule has 1 aromatic heterocycles. The van der Waals surface area contributed by atoms with Gasteiger partial charge in [0, 0.05) is 0 Å². The van der Waals surface area contributed by atoms with Gasteiger partial charge in [-0.2, -0.15) is 4.98 Å². The second-order valence-corrected chi connectivity index (χ2v) is 6.70. The Hall–Kier alpha value is -3.00. The number of hydrogen-bond acceptors (Lipinski definition) is 6. The SMILES string of the molecule is Nc1nc(SCC(=O)N2c3ccccc3OC[C@@H]2c2ccccc2)n[nH]1. The van der Waals surface area contributed by atoms with E-state index in [0.717, 1.165) is 11.3 Å². The quantitative estimate of drug-likeness (QED) is 0.688. The van der Waals surface area contributed by atoms with E-state index >= 15 is 0 Å². The van der Waals surface area contributed by atoms with Crippen LogP contribution in [0, 0.1) is 0 Å². The molecule has 0 bridgehead atoms. The number of thioether (sulfide) groups is 1. The van der Waals surface area contributed by atoms with E-state index in [1.165, 1.54) is 11.8 Å². The number of hydrogen-bond donors (Lipinski definition) is 2. The van der Waals surface area contributed by atoms with Gasteiger partial charge in [-0.3, -0.25) is 9.69 Å². The van der Waals surface area contributed by atoms with Gasteiger partial charge >= 0.3 is 0 Å². The number of rotatable bonds is 4. The number of ether oxygens (including phenoxy) is 1. The molecule has 2 aromatic carbocycles. The van der Waals surface area contributed by atoms with Gasteiger partial charge < -0.3 is 10.5 Å². The van der Waals surface area contributed by atoms with E-state index < -0.39 is 0 Å². The molecule has 8 heteroatoms. The number of anilines is 2.